The zero-order valence-corrected chi connectivity index (χ0v) is 17.2. The van der Waals surface area contributed by atoms with E-state index in [1.807, 2.05) is 24.3 Å². The summed E-state index contributed by atoms with van der Waals surface area (Å²) in [5.74, 6) is -0.0441. The number of hydrogen-bond acceptors (Lipinski definition) is 3. The number of benzene rings is 2. The lowest BCUT2D eigenvalue weighted by atomic mass is 9.99. The molecule has 0 bridgehead atoms. The molecule has 1 fully saturated rings. The van der Waals surface area contributed by atoms with Gasteiger partial charge in [0.2, 0.25) is 5.43 Å². The van der Waals surface area contributed by atoms with Gasteiger partial charge in [0.05, 0.1) is 18.7 Å². The molecule has 1 saturated heterocycles. The summed E-state index contributed by atoms with van der Waals surface area (Å²) in [6, 6.07) is 10.2. The Morgan fingerprint density at radius 3 is 2.67 bits per heavy atom. The summed E-state index contributed by atoms with van der Waals surface area (Å²) < 4.78 is 19.1. The van der Waals surface area contributed by atoms with Crippen molar-refractivity contribution in [3.63, 3.8) is 0 Å². The van der Waals surface area contributed by atoms with Crippen LogP contribution >= 0.6 is 0 Å². The van der Waals surface area contributed by atoms with Gasteiger partial charge in [-0.1, -0.05) is 25.0 Å². The molecular weight excluding hydrogens is 383 g/mol. The third-order valence-corrected chi connectivity index (χ3v) is 5.90. The van der Waals surface area contributed by atoms with Gasteiger partial charge in [0, 0.05) is 18.1 Å². The molecule has 5 nitrogen and oxygen atoms in total. The number of fused-ring (bicyclic) bond motifs is 1. The Balaban J connectivity index is 1.75. The number of likely N-dealkylation sites (tertiary alicyclic amines) is 1. The number of pyridine rings is 1. The van der Waals surface area contributed by atoms with Gasteiger partial charge in [-0.3, -0.25) is 9.59 Å². The molecule has 1 aliphatic heterocycles. The Morgan fingerprint density at radius 1 is 1.17 bits per heavy atom. The minimum atomic E-state index is -0.485. The van der Waals surface area contributed by atoms with Gasteiger partial charge in [-0.2, -0.15) is 0 Å². The van der Waals surface area contributed by atoms with Gasteiger partial charge in [-0.25, -0.2) is 4.39 Å². The molecule has 156 valence electrons. The molecular formula is C24H25FN2O3. The summed E-state index contributed by atoms with van der Waals surface area (Å²) in [4.78, 5) is 31.4. The summed E-state index contributed by atoms with van der Waals surface area (Å²) in [7, 11) is 1.62. The van der Waals surface area contributed by atoms with E-state index in [-0.39, 0.29) is 22.9 Å². The third-order valence-electron chi connectivity index (χ3n) is 5.90. The summed E-state index contributed by atoms with van der Waals surface area (Å²) in [5.41, 5.74) is 1.82. The van der Waals surface area contributed by atoms with Gasteiger partial charge < -0.3 is 14.6 Å². The van der Waals surface area contributed by atoms with Crippen LogP contribution in [0, 0.1) is 12.7 Å². The number of methoxy groups -OCH3 is 1. The fourth-order valence-electron chi connectivity index (χ4n) is 4.31. The number of aryl methyl sites for hydroxylation is 1. The minimum absolute atomic E-state index is 0.0490. The molecule has 1 atom stereocenters. The van der Waals surface area contributed by atoms with Crippen molar-refractivity contribution in [1.82, 2.24) is 9.88 Å². The average molecular weight is 408 g/mol. The highest BCUT2D eigenvalue weighted by Crippen LogP contribution is 2.32. The largest absolute Gasteiger partial charge is 0.497 e. The van der Waals surface area contributed by atoms with E-state index in [0.717, 1.165) is 37.0 Å². The van der Waals surface area contributed by atoms with E-state index in [9.17, 15) is 14.0 Å². The lowest BCUT2D eigenvalue weighted by Crippen LogP contribution is -2.37. The first-order valence-corrected chi connectivity index (χ1v) is 10.3. The molecule has 2 aromatic carbocycles. The molecule has 3 aromatic rings. The maximum Gasteiger partial charge on any atom is 0.259 e. The number of amides is 1. The first kappa shape index (κ1) is 20.1. The molecule has 0 unspecified atom stereocenters. The van der Waals surface area contributed by atoms with Crippen LogP contribution in [0.15, 0.2) is 47.4 Å². The molecule has 1 aromatic heterocycles. The number of nitrogens with zero attached hydrogens (tertiary/aromatic N) is 1. The Hall–Kier alpha value is -3.15. The number of nitrogens with one attached hydrogen (secondary N) is 1. The molecule has 1 N–H and O–H groups in total. The lowest BCUT2D eigenvalue weighted by Gasteiger charge is -2.30. The fourth-order valence-corrected chi connectivity index (χ4v) is 4.31. The van der Waals surface area contributed by atoms with Gasteiger partial charge in [-0.05, 0) is 55.2 Å². The molecule has 2 heterocycles. The van der Waals surface area contributed by atoms with E-state index in [0.29, 0.717) is 17.6 Å². The molecule has 30 heavy (non-hydrogen) atoms. The first-order valence-electron chi connectivity index (χ1n) is 10.3. The first-order chi connectivity index (χ1) is 14.5. The number of aromatic nitrogens is 1. The van der Waals surface area contributed by atoms with Crippen molar-refractivity contribution in [2.24, 2.45) is 0 Å². The SMILES string of the molecule is COc1ccc([C@H]2CCCCCN2C(=O)c2c[nH]c3c(C)cc(F)cc3c2=O)cc1. The molecule has 0 saturated carbocycles. The number of H-pyrrole nitrogens is 1. The molecule has 1 amide bonds. The summed E-state index contributed by atoms with van der Waals surface area (Å²) >= 11 is 0. The second-order valence-corrected chi connectivity index (χ2v) is 7.81. The van der Waals surface area contributed by atoms with E-state index < -0.39 is 11.2 Å². The van der Waals surface area contributed by atoms with Crippen molar-refractivity contribution in [3.05, 3.63) is 75.3 Å². The lowest BCUT2D eigenvalue weighted by molar-refractivity contribution is 0.0679. The third kappa shape index (κ3) is 3.70. The van der Waals surface area contributed by atoms with Crippen LogP contribution in [0.1, 0.15) is 53.2 Å². The predicted octanol–water partition coefficient (Wildman–Crippen LogP) is 4.74. The molecule has 4 rings (SSSR count). The smallest absolute Gasteiger partial charge is 0.259 e. The van der Waals surface area contributed by atoms with Crippen LogP contribution in [0.5, 0.6) is 5.75 Å². The number of carbonyl (C=O) groups excluding carboxylic acids is 1. The predicted molar refractivity (Wildman–Crippen MR) is 115 cm³/mol. The van der Waals surface area contributed by atoms with E-state index in [1.54, 1.807) is 18.9 Å². The molecule has 0 spiro atoms. The number of ether oxygens (including phenoxy) is 1. The van der Waals surface area contributed by atoms with E-state index >= 15 is 0 Å². The number of rotatable bonds is 3. The normalized spacial score (nSPS) is 17.0. The summed E-state index contributed by atoms with van der Waals surface area (Å²) in [6.07, 6.45) is 5.23. The molecule has 6 heteroatoms. The highest BCUT2D eigenvalue weighted by molar-refractivity contribution is 5.97. The number of aromatic amines is 1. The summed E-state index contributed by atoms with van der Waals surface area (Å²) in [5, 5.41) is 0.203. The standard InChI is InChI=1S/C24H25FN2O3/c1-15-12-17(25)13-19-22(15)26-14-20(23(19)28)24(29)27-11-5-3-4-6-21(27)16-7-9-18(30-2)10-8-16/h7-10,12-14,21H,3-6,11H2,1-2H3,(H,26,28)/t21-/m1/s1. The Kier molecular flexibility index (Phi) is 5.57. The Labute approximate surface area is 174 Å². The number of carbonyl (C=O) groups is 1. The van der Waals surface area contributed by atoms with Crippen molar-refractivity contribution in [1.29, 1.82) is 0 Å². The molecule has 0 radical (unpaired) electrons. The van der Waals surface area contributed by atoms with Crippen LogP contribution in [-0.4, -0.2) is 29.4 Å². The van der Waals surface area contributed by atoms with Crippen LogP contribution in [-0.2, 0) is 0 Å². The van der Waals surface area contributed by atoms with Crippen molar-refractivity contribution >= 4 is 16.8 Å². The van der Waals surface area contributed by atoms with Crippen LogP contribution in [0.4, 0.5) is 4.39 Å². The molecule has 0 aliphatic carbocycles. The Morgan fingerprint density at radius 2 is 1.93 bits per heavy atom. The van der Waals surface area contributed by atoms with E-state index in [4.69, 9.17) is 4.74 Å². The van der Waals surface area contributed by atoms with Crippen LogP contribution in [0.3, 0.4) is 0 Å². The van der Waals surface area contributed by atoms with Crippen LogP contribution in [0.2, 0.25) is 0 Å². The van der Waals surface area contributed by atoms with Gasteiger partial charge in [0.15, 0.2) is 0 Å². The van der Waals surface area contributed by atoms with Gasteiger partial charge in [0.1, 0.15) is 17.1 Å². The van der Waals surface area contributed by atoms with Crippen molar-refractivity contribution in [2.45, 2.75) is 38.6 Å². The van der Waals surface area contributed by atoms with Crippen molar-refractivity contribution in [2.75, 3.05) is 13.7 Å². The fraction of sp³-hybridized carbons (Fsp3) is 0.333. The highest BCUT2D eigenvalue weighted by Gasteiger charge is 2.29. The second kappa shape index (κ2) is 8.30. The highest BCUT2D eigenvalue weighted by atomic mass is 19.1. The van der Waals surface area contributed by atoms with E-state index in [2.05, 4.69) is 4.98 Å². The molecule has 1 aliphatic rings. The number of hydrogen-bond donors (Lipinski definition) is 1. The van der Waals surface area contributed by atoms with Gasteiger partial charge >= 0.3 is 0 Å². The van der Waals surface area contributed by atoms with Crippen LogP contribution < -0.4 is 10.2 Å². The average Bonchev–Trinajstić information content (AvgIpc) is 3.00. The monoisotopic (exact) mass is 408 g/mol. The summed E-state index contributed by atoms with van der Waals surface area (Å²) in [6.45, 7) is 2.31. The zero-order valence-electron chi connectivity index (χ0n) is 17.2. The second-order valence-electron chi connectivity index (χ2n) is 7.81. The van der Waals surface area contributed by atoms with Crippen molar-refractivity contribution in [3.8, 4) is 5.75 Å². The minimum Gasteiger partial charge on any atom is -0.497 e. The maximum atomic E-state index is 13.9. The van der Waals surface area contributed by atoms with Gasteiger partial charge in [0.25, 0.3) is 5.91 Å². The number of halogens is 1. The Bertz CT molecular complexity index is 1140. The van der Waals surface area contributed by atoms with E-state index in [1.165, 1.54) is 18.3 Å². The van der Waals surface area contributed by atoms with Crippen LogP contribution in [0.25, 0.3) is 10.9 Å². The van der Waals surface area contributed by atoms with Gasteiger partial charge in [-0.15, -0.1) is 0 Å². The topological polar surface area (TPSA) is 62.4 Å². The van der Waals surface area contributed by atoms with Crippen molar-refractivity contribution < 1.29 is 13.9 Å². The maximum absolute atomic E-state index is 13.9. The quantitative estimate of drug-likeness (QED) is 0.681. The zero-order chi connectivity index (χ0) is 21.3.